The Morgan fingerprint density at radius 2 is 2.21 bits per heavy atom. The number of benzene rings is 1. The standard InChI is InChI=1S/C15H19FN2S/c1-3-4-18-15(8-14-9-17-10-19-14)12-5-11(2)6-13(16)7-12/h5-7,9-10,15,18H,3-4,8H2,1-2H3. The predicted octanol–water partition coefficient (Wildman–Crippen LogP) is 3.87. The van der Waals surface area contributed by atoms with E-state index in [2.05, 4.69) is 23.3 Å². The Kier molecular flexibility index (Phi) is 5.05. The number of nitrogens with one attached hydrogen (secondary N) is 1. The van der Waals surface area contributed by atoms with Crippen LogP contribution in [0.5, 0.6) is 0 Å². The molecule has 0 bridgehead atoms. The quantitative estimate of drug-likeness (QED) is 0.867. The molecule has 0 spiro atoms. The Morgan fingerprint density at radius 1 is 1.37 bits per heavy atom. The fourth-order valence-electron chi connectivity index (χ4n) is 2.14. The van der Waals surface area contributed by atoms with E-state index in [1.54, 1.807) is 23.5 Å². The maximum Gasteiger partial charge on any atom is 0.123 e. The molecular weight excluding hydrogens is 259 g/mol. The minimum Gasteiger partial charge on any atom is -0.310 e. The molecule has 1 unspecified atom stereocenters. The second kappa shape index (κ2) is 6.78. The number of thiazole rings is 1. The van der Waals surface area contributed by atoms with Crippen molar-refractivity contribution in [3.63, 3.8) is 0 Å². The van der Waals surface area contributed by atoms with Crippen molar-refractivity contribution in [1.82, 2.24) is 10.3 Å². The molecule has 2 rings (SSSR count). The van der Waals surface area contributed by atoms with Crippen LogP contribution >= 0.6 is 11.3 Å². The minimum absolute atomic E-state index is 0.148. The number of hydrogen-bond acceptors (Lipinski definition) is 3. The lowest BCUT2D eigenvalue weighted by atomic mass is 10.0. The van der Waals surface area contributed by atoms with E-state index in [0.29, 0.717) is 0 Å². The number of rotatable bonds is 6. The summed E-state index contributed by atoms with van der Waals surface area (Å²) < 4.78 is 13.6. The molecule has 1 heterocycles. The Balaban J connectivity index is 2.20. The van der Waals surface area contributed by atoms with E-state index >= 15 is 0 Å². The van der Waals surface area contributed by atoms with Crippen LogP contribution in [0.15, 0.2) is 29.9 Å². The molecule has 4 heteroatoms. The molecule has 2 aromatic rings. The van der Waals surface area contributed by atoms with Gasteiger partial charge in [-0.2, -0.15) is 0 Å². The zero-order valence-corrected chi connectivity index (χ0v) is 12.1. The van der Waals surface area contributed by atoms with Crippen molar-refractivity contribution < 1.29 is 4.39 Å². The smallest absolute Gasteiger partial charge is 0.123 e. The molecule has 0 aliphatic heterocycles. The summed E-state index contributed by atoms with van der Waals surface area (Å²) in [5, 5.41) is 3.49. The molecular formula is C15H19FN2S. The van der Waals surface area contributed by atoms with E-state index in [4.69, 9.17) is 0 Å². The van der Waals surface area contributed by atoms with Crippen molar-refractivity contribution >= 4 is 11.3 Å². The van der Waals surface area contributed by atoms with Gasteiger partial charge in [0.1, 0.15) is 5.82 Å². The number of aryl methyl sites for hydroxylation is 1. The molecule has 102 valence electrons. The molecule has 1 aromatic heterocycles. The van der Waals surface area contributed by atoms with Gasteiger partial charge in [0, 0.05) is 23.5 Å². The first-order valence-corrected chi connectivity index (χ1v) is 7.45. The van der Waals surface area contributed by atoms with Crippen molar-refractivity contribution in [2.75, 3.05) is 6.54 Å². The van der Waals surface area contributed by atoms with Crippen LogP contribution in [0.1, 0.15) is 35.4 Å². The van der Waals surface area contributed by atoms with Crippen LogP contribution in [0.3, 0.4) is 0 Å². The molecule has 0 fully saturated rings. The Bertz CT molecular complexity index is 491. The van der Waals surface area contributed by atoms with Gasteiger partial charge in [0.25, 0.3) is 0 Å². The summed E-state index contributed by atoms with van der Waals surface area (Å²) in [5.41, 5.74) is 3.81. The molecule has 1 atom stereocenters. The van der Waals surface area contributed by atoms with Gasteiger partial charge >= 0.3 is 0 Å². The molecule has 1 N–H and O–H groups in total. The van der Waals surface area contributed by atoms with E-state index in [0.717, 1.165) is 30.5 Å². The largest absolute Gasteiger partial charge is 0.310 e. The lowest BCUT2D eigenvalue weighted by molar-refractivity contribution is 0.526. The number of halogens is 1. The molecule has 0 saturated carbocycles. The molecule has 0 aliphatic rings. The zero-order chi connectivity index (χ0) is 13.7. The highest BCUT2D eigenvalue weighted by Crippen LogP contribution is 2.22. The highest BCUT2D eigenvalue weighted by Gasteiger charge is 2.13. The number of nitrogens with zero attached hydrogens (tertiary/aromatic N) is 1. The fraction of sp³-hybridized carbons (Fsp3) is 0.400. The second-order valence-electron chi connectivity index (χ2n) is 4.74. The third-order valence-electron chi connectivity index (χ3n) is 3.00. The Labute approximate surface area is 117 Å². The van der Waals surface area contributed by atoms with Crippen molar-refractivity contribution in [3.05, 3.63) is 51.7 Å². The number of aromatic nitrogens is 1. The Morgan fingerprint density at radius 3 is 2.84 bits per heavy atom. The van der Waals surface area contributed by atoms with Gasteiger partial charge in [-0.3, -0.25) is 4.98 Å². The van der Waals surface area contributed by atoms with Gasteiger partial charge < -0.3 is 5.32 Å². The number of hydrogen-bond donors (Lipinski definition) is 1. The zero-order valence-electron chi connectivity index (χ0n) is 11.3. The van der Waals surface area contributed by atoms with Crippen molar-refractivity contribution in [3.8, 4) is 0 Å². The van der Waals surface area contributed by atoms with E-state index in [1.807, 2.05) is 18.6 Å². The maximum atomic E-state index is 13.6. The van der Waals surface area contributed by atoms with Gasteiger partial charge in [-0.15, -0.1) is 11.3 Å². The maximum absolute atomic E-state index is 13.6. The summed E-state index contributed by atoms with van der Waals surface area (Å²) in [6.45, 7) is 4.99. The van der Waals surface area contributed by atoms with E-state index in [9.17, 15) is 4.39 Å². The van der Waals surface area contributed by atoms with Crippen LogP contribution in [-0.4, -0.2) is 11.5 Å². The first-order valence-electron chi connectivity index (χ1n) is 6.57. The summed E-state index contributed by atoms with van der Waals surface area (Å²) in [5.74, 6) is -0.164. The summed E-state index contributed by atoms with van der Waals surface area (Å²) in [6, 6.07) is 5.39. The highest BCUT2D eigenvalue weighted by atomic mass is 32.1. The van der Waals surface area contributed by atoms with E-state index in [-0.39, 0.29) is 11.9 Å². The summed E-state index contributed by atoms with van der Waals surface area (Å²) in [6.07, 6.45) is 3.80. The summed E-state index contributed by atoms with van der Waals surface area (Å²) in [4.78, 5) is 5.32. The molecule has 0 radical (unpaired) electrons. The van der Waals surface area contributed by atoms with Gasteiger partial charge in [-0.1, -0.05) is 13.0 Å². The van der Waals surface area contributed by atoms with Gasteiger partial charge in [-0.25, -0.2) is 4.39 Å². The molecule has 0 aliphatic carbocycles. The monoisotopic (exact) mass is 278 g/mol. The van der Waals surface area contributed by atoms with Crippen LogP contribution in [0, 0.1) is 12.7 Å². The topological polar surface area (TPSA) is 24.9 Å². The van der Waals surface area contributed by atoms with Gasteiger partial charge in [0.2, 0.25) is 0 Å². The predicted molar refractivity (Wildman–Crippen MR) is 78.0 cm³/mol. The third kappa shape index (κ3) is 4.11. The minimum atomic E-state index is -0.164. The lowest BCUT2D eigenvalue weighted by Crippen LogP contribution is -2.24. The molecule has 1 aromatic carbocycles. The first kappa shape index (κ1) is 14.2. The third-order valence-corrected chi connectivity index (χ3v) is 3.80. The van der Waals surface area contributed by atoms with Crippen LogP contribution in [0.2, 0.25) is 0 Å². The summed E-state index contributed by atoms with van der Waals surface area (Å²) in [7, 11) is 0. The molecule has 0 saturated heterocycles. The molecule has 2 nitrogen and oxygen atoms in total. The van der Waals surface area contributed by atoms with Crippen LogP contribution < -0.4 is 5.32 Å². The van der Waals surface area contributed by atoms with Crippen molar-refractivity contribution in [2.45, 2.75) is 32.7 Å². The Hall–Kier alpha value is -1.26. The summed E-state index contributed by atoms with van der Waals surface area (Å²) >= 11 is 1.64. The van der Waals surface area contributed by atoms with Gasteiger partial charge in [-0.05, 0) is 43.1 Å². The first-order chi connectivity index (χ1) is 9.19. The van der Waals surface area contributed by atoms with Gasteiger partial charge in [0.05, 0.1) is 5.51 Å². The van der Waals surface area contributed by atoms with Crippen LogP contribution in [-0.2, 0) is 6.42 Å². The van der Waals surface area contributed by atoms with Crippen molar-refractivity contribution in [2.24, 2.45) is 0 Å². The van der Waals surface area contributed by atoms with Crippen LogP contribution in [0.25, 0.3) is 0 Å². The van der Waals surface area contributed by atoms with Gasteiger partial charge in [0.15, 0.2) is 0 Å². The van der Waals surface area contributed by atoms with Crippen LogP contribution in [0.4, 0.5) is 4.39 Å². The fourth-order valence-corrected chi connectivity index (χ4v) is 2.78. The lowest BCUT2D eigenvalue weighted by Gasteiger charge is -2.19. The molecule has 0 amide bonds. The SMILES string of the molecule is CCCNC(Cc1cncs1)c1cc(C)cc(F)c1. The van der Waals surface area contributed by atoms with E-state index < -0.39 is 0 Å². The van der Waals surface area contributed by atoms with Crippen molar-refractivity contribution in [1.29, 1.82) is 0 Å². The average Bonchev–Trinajstić information content (AvgIpc) is 2.86. The highest BCUT2D eigenvalue weighted by molar-refractivity contribution is 7.09. The average molecular weight is 278 g/mol. The van der Waals surface area contributed by atoms with E-state index in [1.165, 1.54) is 4.88 Å². The molecule has 19 heavy (non-hydrogen) atoms. The normalized spacial score (nSPS) is 12.6. The second-order valence-corrected chi connectivity index (χ2v) is 5.71.